The van der Waals surface area contributed by atoms with E-state index in [1.165, 1.54) is 53.6 Å². The zero-order chi connectivity index (χ0) is 20.9. The van der Waals surface area contributed by atoms with E-state index in [0.29, 0.717) is 0 Å². The second-order valence-corrected chi connectivity index (χ2v) is 10.2. The van der Waals surface area contributed by atoms with Gasteiger partial charge in [0.15, 0.2) is 0 Å². The van der Waals surface area contributed by atoms with Gasteiger partial charge in [-0.15, -0.1) is 11.3 Å². The van der Waals surface area contributed by atoms with Crippen molar-refractivity contribution in [3.8, 4) is 22.3 Å². The number of aryl methyl sites for hydroxylation is 1. The van der Waals surface area contributed by atoms with Gasteiger partial charge in [-0.2, -0.15) is 0 Å². The quantitative estimate of drug-likeness (QED) is 0.274. The van der Waals surface area contributed by atoms with Gasteiger partial charge < -0.3 is 0 Å². The molecule has 0 atom stereocenters. The standard InChI is InChI=1S/C29H26S/c1-19-10-7-11-20(18-19)21-13-8-14-23(27(21)29(2,3)4)25-16-9-15-24-22-12-5-6-17-26(22)30-28(24)25/h5-18H,1-4H3. The summed E-state index contributed by atoms with van der Waals surface area (Å²) in [6.45, 7) is 9.16. The Bertz CT molecular complexity index is 1380. The van der Waals surface area contributed by atoms with E-state index in [9.17, 15) is 0 Å². The largest absolute Gasteiger partial charge is 0.135 e. The Kier molecular flexibility index (Phi) is 4.52. The zero-order valence-electron chi connectivity index (χ0n) is 18.0. The van der Waals surface area contributed by atoms with Crippen LogP contribution in [0.2, 0.25) is 0 Å². The monoisotopic (exact) mass is 406 g/mol. The van der Waals surface area contributed by atoms with E-state index in [0.717, 1.165) is 0 Å². The van der Waals surface area contributed by atoms with Crippen LogP contribution in [-0.4, -0.2) is 0 Å². The van der Waals surface area contributed by atoms with Crippen LogP contribution in [0.4, 0.5) is 0 Å². The van der Waals surface area contributed by atoms with Crippen LogP contribution in [0.1, 0.15) is 31.9 Å². The third kappa shape index (κ3) is 3.14. The Morgan fingerprint density at radius 3 is 2.10 bits per heavy atom. The molecule has 0 saturated heterocycles. The number of hydrogen-bond acceptors (Lipinski definition) is 1. The van der Waals surface area contributed by atoms with E-state index >= 15 is 0 Å². The van der Waals surface area contributed by atoms with Crippen molar-refractivity contribution in [3.05, 3.63) is 96.1 Å². The second kappa shape index (κ2) is 7.11. The molecule has 1 aromatic heterocycles. The summed E-state index contributed by atoms with van der Waals surface area (Å²) in [5.74, 6) is 0. The molecule has 0 aliphatic carbocycles. The third-order valence-corrected chi connectivity index (χ3v) is 7.06. The molecular weight excluding hydrogens is 380 g/mol. The predicted molar refractivity (Wildman–Crippen MR) is 134 cm³/mol. The fourth-order valence-electron chi connectivity index (χ4n) is 4.60. The highest BCUT2D eigenvalue weighted by atomic mass is 32.1. The van der Waals surface area contributed by atoms with Gasteiger partial charge in [0.05, 0.1) is 0 Å². The summed E-state index contributed by atoms with van der Waals surface area (Å²) in [6, 6.07) is 31.2. The number of fused-ring (bicyclic) bond motifs is 3. The SMILES string of the molecule is Cc1cccc(-c2cccc(-c3cccc4c3sc3ccccc34)c2C(C)(C)C)c1. The summed E-state index contributed by atoms with van der Waals surface area (Å²) < 4.78 is 2.73. The molecule has 0 bridgehead atoms. The fourth-order valence-corrected chi connectivity index (χ4v) is 5.83. The lowest BCUT2D eigenvalue weighted by atomic mass is 9.77. The van der Waals surface area contributed by atoms with Crippen LogP contribution in [0, 0.1) is 6.92 Å². The van der Waals surface area contributed by atoms with Crippen LogP contribution in [-0.2, 0) is 5.41 Å². The lowest BCUT2D eigenvalue weighted by Crippen LogP contribution is -2.14. The maximum Gasteiger partial charge on any atom is 0.0433 e. The number of benzene rings is 4. The van der Waals surface area contributed by atoms with Gasteiger partial charge in [-0.1, -0.05) is 105 Å². The van der Waals surface area contributed by atoms with Crippen molar-refractivity contribution in [2.75, 3.05) is 0 Å². The molecule has 148 valence electrons. The molecule has 1 heteroatoms. The lowest BCUT2D eigenvalue weighted by Gasteiger charge is -2.27. The van der Waals surface area contributed by atoms with Crippen molar-refractivity contribution >= 4 is 31.5 Å². The Labute approximate surface area is 182 Å². The van der Waals surface area contributed by atoms with Crippen molar-refractivity contribution in [3.63, 3.8) is 0 Å². The molecule has 0 saturated carbocycles. The van der Waals surface area contributed by atoms with Crippen LogP contribution in [0.3, 0.4) is 0 Å². The summed E-state index contributed by atoms with van der Waals surface area (Å²) in [6.07, 6.45) is 0. The first-order valence-electron chi connectivity index (χ1n) is 10.5. The Hall–Kier alpha value is -2.90. The highest BCUT2D eigenvalue weighted by Gasteiger charge is 2.24. The molecule has 5 aromatic rings. The first-order chi connectivity index (χ1) is 14.4. The van der Waals surface area contributed by atoms with Gasteiger partial charge in [0.25, 0.3) is 0 Å². The van der Waals surface area contributed by atoms with Crippen LogP contribution in [0.5, 0.6) is 0 Å². The van der Waals surface area contributed by atoms with Gasteiger partial charge >= 0.3 is 0 Å². The van der Waals surface area contributed by atoms with Gasteiger partial charge in [-0.25, -0.2) is 0 Å². The molecule has 30 heavy (non-hydrogen) atoms. The molecule has 0 fully saturated rings. The highest BCUT2D eigenvalue weighted by Crippen LogP contribution is 2.45. The molecule has 0 spiro atoms. The van der Waals surface area contributed by atoms with Gasteiger partial charge in [0, 0.05) is 20.2 Å². The molecule has 0 aliphatic heterocycles. The summed E-state index contributed by atoms with van der Waals surface area (Å²) >= 11 is 1.91. The minimum atomic E-state index is 0.0223. The first kappa shape index (κ1) is 19.1. The summed E-state index contributed by atoms with van der Waals surface area (Å²) in [5, 5.41) is 2.71. The minimum Gasteiger partial charge on any atom is -0.135 e. The van der Waals surface area contributed by atoms with Crippen LogP contribution < -0.4 is 0 Å². The Morgan fingerprint density at radius 2 is 1.30 bits per heavy atom. The number of thiophene rings is 1. The number of hydrogen-bond donors (Lipinski definition) is 0. The summed E-state index contributed by atoms with van der Waals surface area (Å²) in [5.41, 5.74) is 8.05. The molecule has 0 N–H and O–H groups in total. The van der Waals surface area contributed by atoms with E-state index in [2.05, 4.69) is 113 Å². The molecule has 5 rings (SSSR count). The molecule has 0 radical (unpaired) electrons. The highest BCUT2D eigenvalue weighted by molar-refractivity contribution is 7.26. The minimum absolute atomic E-state index is 0.0223. The van der Waals surface area contributed by atoms with Gasteiger partial charge in [-0.05, 0) is 46.2 Å². The number of rotatable bonds is 2. The van der Waals surface area contributed by atoms with Gasteiger partial charge in [0.1, 0.15) is 0 Å². The molecule has 0 amide bonds. The first-order valence-corrected chi connectivity index (χ1v) is 11.4. The van der Waals surface area contributed by atoms with Crippen molar-refractivity contribution < 1.29 is 0 Å². The second-order valence-electron chi connectivity index (χ2n) is 9.13. The molecule has 0 aliphatic rings. The average Bonchev–Trinajstić information content (AvgIpc) is 3.11. The normalized spacial score (nSPS) is 12.0. The molecule has 0 unspecified atom stereocenters. The van der Waals surface area contributed by atoms with E-state index in [1.807, 2.05) is 11.3 Å². The van der Waals surface area contributed by atoms with E-state index in [1.54, 1.807) is 0 Å². The molecule has 0 nitrogen and oxygen atoms in total. The van der Waals surface area contributed by atoms with E-state index in [-0.39, 0.29) is 5.41 Å². The predicted octanol–water partition coefficient (Wildman–Crippen LogP) is 8.99. The zero-order valence-corrected chi connectivity index (χ0v) is 18.8. The summed E-state index contributed by atoms with van der Waals surface area (Å²) in [7, 11) is 0. The Balaban J connectivity index is 1.85. The lowest BCUT2D eigenvalue weighted by molar-refractivity contribution is 0.594. The molecule has 1 heterocycles. The van der Waals surface area contributed by atoms with Crippen LogP contribution in [0.25, 0.3) is 42.4 Å². The third-order valence-electron chi connectivity index (χ3n) is 5.84. The molecule has 4 aromatic carbocycles. The average molecular weight is 407 g/mol. The van der Waals surface area contributed by atoms with Gasteiger partial charge in [0.2, 0.25) is 0 Å². The fraction of sp³-hybridized carbons (Fsp3) is 0.172. The van der Waals surface area contributed by atoms with Crippen molar-refractivity contribution in [2.45, 2.75) is 33.1 Å². The summed E-state index contributed by atoms with van der Waals surface area (Å²) in [4.78, 5) is 0. The van der Waals surface area contributed by atoms with Crippen molar-refractivity contribution in [1.82, 2.24) is 0 Å². The van der Waals surface area contributed by atoms with E-state index < -0.39 is 0 Å². The van der Waals surface area contributed by atoms with Crippen LogP contribution in [0.15, 0.2) is 84.9 Å². The maximum absolute atomic E-state index is 2.33. The van der Waals surface area contributed by atoms with Crippen LogP contribution >= 0.6 is 11.3 Å². The molecular formula is C29H26S. The Morgan fingerprint density at radius 1 is 0.633 bits per heavy atom. The maximum atomic E-state index is 2.33. The van der Waals surface area contributed by atoms with Crippen molar-refractivity contribution in [1.29, 1.82) is 0 Å². The van der Waals surface area contributed by atoms with Crippen molar-refractivity contribution in [2.24, 2.45) is 0 Å². The van der Waals surface area contributed by atoms with E-state index in [4.69, 9.17) is 0 Å². The topological polar surface area (TPSA) is 0 Å². The van der Waals surface area contributed by atoms with Gasteiger partial charge in [-0.3, -0.25) is 0 Å². The smallest absolute Gasteiger partial charge is 0.0433 e.